The van der Waals surface area contributed by atoms with Crippen LogP contribution in [0.4, 0.5) is 5.95 Å². The van der Waals surface area contributed by atoms with Crippen molar-refractivity contribution < 1.29 is 9.53 Å². The zero-order valence-electron chi connectivity index (χ0n) is 19.5. The predicted molar refractivity (Wildman–Crippen MR) is 133 cm³/mol. The summed E-state index contributed by atoms with van der Waals surface area (Å²) in [5.41, 5.74) is 1.06. The number of anilines is 1. The van der Waals surface area contributed by atoms with Crippen molar-refractivity contribution >= 4 is 35.2 Å². The molecule has 0 spiro atoms. The van der Waals surface area contributed by atoms with Crippen LogP contribution in [0.1, 0.15) is 57.6 Å². The Morgan fingerprint density at radius 1 is 1.24 bits per heavy atom. The number of hydrogen-bond donors (Lipinski definition) is 1. The van der Waals surface area contributed by atoms with Crippen LogP contribution < -0.4 is 10.2 Å². The zero-order chi connectivity index (χ0) is 23.2. The van der Waals surface area contributed by atoms with Gasteiger partial charge in [0.05, 0.1) is 24.4 Å². The van der Waals surface area contributed by atoms with Crippen LogP contribution >= 0.6 is 23.4 Å². The number of thioether (sulfide) groups is 1. The molecule has 1 aromatic carbocycles. The molecule has 2 fully saturated rings. The van der Waals surface area contributed by atoms with Gasteiger partial charge in [-0.1, -0.05) is 49.3 Å². The number of carbonyl (C=O) groups is 1. The molecule has 1 aromatic heterocycles. The van der Waals surface area contributed by atoms with Crippen molar-refractivity contribution in [3.8, 4) is 0 Å². The Morgan fingerprint density at radius 2 is 2.00 bits per heavy atom. The molecule has 0 aliphatic carbocycles. The molecule has 0 radical (unpaired) electrons. The Bertz CT molecular complexity index is 908. The second kappa shape index (κ2) is 11.6. The molecule has 2 aliphatic rings. The molecule has 2 atom stereocenters. The number of aromatic nitrogens is 3. The number of nitrogens with one attached hydrogen (secondary N) is 1. The first-order valence-electron chi connectivity index (χ1n) is 12.0. The van der Waals surface area contributed by atoms with Gasteiger partial charge in [-0.15, -0.1) is 10.2 Å². The van der Waals surface area contributed by atoms with Crippen molar-refractivity contribution in [2.75, 3.05) is 30.3 Å². The molecule has 7 nitrogen and oxygen atoms in total. The smallest absolute Gasteiger partial charge is 0.230 e. The Hall–Kier alpha value is -1.77. The molecule has 2 saturated heterocycles. The van der Waals surface area contributed by atoms with Crippen LogP contribution in [-0.2, 0) is 16.1 Å². The zero-order valence-corrected chi connectivity index (χ0v) is 21.1. The van der Waals surface area contributed by atoms with E-state index in [1.165, 1.54) is 24.6 Å². The average Bonchev–Trinajstić information content (AvgIpc) is 3.48. The summed E-state index contributed by atoms with van der Waals surface area (Å²) in [6, 6.07) is 7.61. The SMILES string of the molecule is CCC(NC(=O)CSc1nnc(N2CCC(C)CC2)n1CC1CCCO1)c1ccc(Cl)cc1. The highest BCUT2D eigenvalue weighted by atomic mass is 35.5. The second-order valence-electron chi connectivity index (χ2n) is 9.07. The van der Waals surface area contributed by atoms with E-state index in [-0.39, 0.29) is 18.1 Å². The minimum Gasteiger partial charge on any atom is -0.376 e. The van der Waals surface area contributed by atoms with Crippen molar-refractivity contribution in [1.82, 2.24) is 20.1 Å². The lowest BCUT2D eigenvalue weighted by Gasteiger charge is -2.31. The Labute approximate surface area is 205 Å². The molecule has 33 heavy (non-hydrogen) atoms. The fourth-order valence-electron chi connectivity index (χ4n) is 4.46. The third-order valence-electron chi connectivity index (χ3n) is 6.52. The largest absolute Gasteiger partial charge is 0.376 e. The molecule has 1 amide bonds. The maximum Gasteiger partial charge on any atom is 0.230 e. The fourth-order valence-corrected chi connectivity index (χ4v) is 5.34. The molecule has 4 rings (SSSR count). The highest BCUT2D eigenvalue weighted by molar-refractivity contribution is 7.99. The van der Waals surface area contributed by atoms with Crippen LogP contribution in [0.25, 0.3) is 0 Å². The Kier molecular flexibility index (Phi) is 8.55. The number of ether oxygens (including phenoxy) is 1. The molecule has 2 aliphatic heterocycles. The fraction of sp³-hybridized carbons (Fsp3) is 0.625. The summed E-state index contributed by atoms with van der Waals surface area (Å²) >= 11 is 7.45. The molecule has 2 aromatic rings. The predicted octanol–water partition coefficient (Wildman–Crippen LogP) is 4.71. The van der Waals surface area contributed by atoms with Gasteiger partial charge < -0.3 is 15.0 Å². The van der Waals surface area contributed by atoms with E-state index < -0.39 is 0 Å². The van der Waals surface area contributed by atoms with E-state index in [1.807, 2.05) is 24.3 Å². The number of carbonyl (C=O) groups excluding carboxylic acids is 1. The van der Waals surface area contributed by atoms with E-state index >= 15 is 0 Å². The molecule has 3 heterocycles. The third-order valence-corrected chi connectivity index (χ3v) is 7.74. The summed E-state index contributed by atoms with van der Waals surface area (Å²) in [6.45, 7) is 7.92. The molecule has 0 saturated carbocycles. The van der Waals surface area contributed by atoms with Crippen LogP contribution in [0.3, 0.4) is 0 Å². The van der Waals surface area contributed by atoms with E-state index in [0.717, 1.165) is 68.1 Å². The van der Waals surface area contributed by atoms with Gasteiger partial charge in [0.1, 0.15) is 0 Å². The topological polar surface area (TPSA) is 72.3 Å². The maximum atomic E-state index is 12.8. The first kappa shape index (κ1) is 24.4. The number of piperidine rings is 1. The lowest BCUT2D eigenvalue weighted by atomic mass is 10.00. The van der Waals surface area contributed by atoms with E-state index in [1.54, 1.807) is 0 Å². The second-order valence-corrected chi connectivity index (χ2v) is 10.4. The van der Waals surface area contributed by atoms with Gasteiger partial charge in [-0.25, -0.2) is 0 Å². The Morgan fingerprint density at radius 3 is 2.67 bits per heavy atom. The molecule has 9 heteroatoms. The molecular formula is C24H34ClN5O2S. The lowest BCUT2D eigenvalue weighted by molar-refractivity contribution is -0.119. The van der Waals surface area contributed by atoms with Gasteiger partial charge in [0.25, 0.3) is 0 Å². The maximum absolute atomic E-state index is 12.8. The average molecular weight is 492 g/mol. The molecule has 0 bridgehead atoms. The number of hydrogen-bond acceptors (Lipinski definition) is 6. The molecular weight excluding hydrogens is 458 g/mol. The minimum absolute atomic E-state index is 0.0122. The molecule has 1 N–H and O–H groups in total. The van der Waals surface area contributed by atoms with Crippen LogP contribution in [0.15, 0.2) is 29.4 Å². The summed E-state index contributed by atoms with van der Waals surface area (Å²) < 4.78 is 8.07. The normalized spacial score (nSPS) is 20.2. The summed E-state index contributed by atoms with van der Waals surface area (Å²) in [5, 5.41) is 13.6. The van der Waals surface area contributed by atoms with E-state index in [2.05, 4.69) is 38.8 Å². The Balaban J connectivity index is 1.41. The van der Waals surface area contributed by atoms with Crippen molar-refractivity contribution in [3.63, 3.8) is 0 Å². The van der Waals surface area contributed by atoms with Gasteiger partial charge in [0.2, 0.25) is 11.9 Å². The molecule has 180 valence electrons. The monoisotopic (exact) mass is 491 g/mol. The van der Waals surface area contributed by atoms with E-state index in [9.17, 15) is 4.79 Å². The standard InChI is InChI=1S/C24H34ClN5O2S/c1-3-21(18-6-8-19(25)9-7-18)26-22(31)16-33-24-28-27-23(29-12-10-17(2)11-13-29)30(24)15-20-5-4-14-32-20/h6-9,17,20-21H,3-5,10-16H2,1-2H3,(H,26,31). The number of nitrogens with zero attached hydrogens (tertiary/aromatic N) is 4. The highest BCUT2D eigenvalue weighted by Crippen LogP contribution is 2.28. The van der Waals surface area contributed by atoms with Crippen LogP contribution in [0, 0.1) is 5.92 Å². The minimum atomic E-state index is -0.0361. The van der Waals surface area contributed by atoms with Gasteiger partial charge in [0, 0.05) is 24.7 Å². The third kappa shape index (κ3) is 6.43. The van der Waals surface area contributed by atoms with E-state index in [4.69, 9.17) is 16.3 Å². The van der Waals surface area contributed by atoms with Gasteiger partial charge in [-0.3, -0.25) is 9.36 Å². The summed E-state index contributed by atoms with van der Waals surface area (Å²) in [6.07, 6.45) is 5.48. The first-order valence-corrected chi connectivity index (χ1v) is 13.4. The molecule has 2 unspecified atom stereocenters. The van der Waals surface area contributed by atoms with Gasteiger partial charge in [-0.2, -0.15) is 0 Å². The number of rotatable bonds is 9. The van der Waals surface area contributed by atoms with E-state index in [0.29, 0.717) is 10.8 Å². The number of amides is 1. The summed E-state index contributed by atoms with van der Waals surface area (Å²) in [7, 11) is 0. The van der Waals surface area contributed by atoms with Crippen molar-refractivity contribution in [2.45, 2.75) is 69.8 Å². The van der Waals surface area contributed by atoms with Crippen LogP contribution in [0.2, 0.25) is 5.02 Å². The van der Waals surface area contributed by atoms with Gasteiger partial charge >= 0.3 is 0 Å². The first-order chi connectivity index (χ1) is 16.0. The number of benzene rings is 1. The van der Waals surface area contributed by atoms with Crippen molar-refractivity contribution in [3.05, 3.63) is 34.9 Å². The van der Waals surface area contributed by atoms with Gasteiger partial charge in [-0.05, 0) is 55.7 Å². The number of halogens is 1. The van der Waals surface area contributed by atoms with Gasteiger partial charge in [0.15, 0.2) is 5.16 Å². The van der Waals surface area contributed by atoms with Crippen molar-refractivity contribution in [2.24, 2.45) is 5.92 Å². The van der Waals surface area contributed by atoms with Crippen LogP contribution in [0.5, 0.6) is 0 Å². The highest BCUT2D eigenvalue weighted by Gasteiger charge is 2.26. The lowest BCUT2D eigenvalue weighted by Crippen LogP contribution is -2.35. The summed E-state index contributed by atoms with van der Waals surface area (Å²) in [5.74, 6) is 1.94. The quantitative estimate of drug-likeness (QED) is 0.512. The summed E-state index contributed by atoms with van der Waals surface area (Å²) in [4.78, 5) is 15.1. The van der Waals surface area contributed by atoms with Crippen molar-refractivity contribution in [1.29, 1.82) is 0 Å². The van der Waals surface area contributed by atoms with Crippen LogP contribution in [-0.4, -0.2) is 52.2 Å².